The minimum atomic E-state index is -3.97. The summed E-state index contributed by atoms with van der Waals surface area (Å²) >= 11 is 0. The minimum absolute atomic E-state index is 0.0612. The summed E-state index contributed by atoms with van der Waals surface area (Å²) in [5, 5.41) is 2.86. The standard InChI is InChI=1S/C24H26FN3O3S/c1-3-28(20-8-6-7-18(2)17-20)16-15-26-24(29)19-11-13-21(14-12-19)32(30,31)27-23-10-5-4-9-22(23)25/h4-14,17,27H,3,15-16H2,1-2H3,(H,26,29). The molecule has 168 valence electrons. The molecule has 3 aromatic rings. The SMILES string of the molecule is CCN(CCNC(=O)c1ccc(S(=O)(=O)Nc2ccccc2F)cc1)c1cccc(C)c1. The molecule has 1 amide bonds. The van der Waals surface area contributed by atoms with Crippen molar-refractivity contribution < 1.29 is 17.6 Å². The van der Waals surface area contributed by atoms with Crippen LogP contribution in [-0.4, -0.2) is 34.0 Å². The number of hydrogen-bond acceptors (Lipinski definition) is 4. The van der Waals surface area contributed by atoms with Crippen LogP contribution >= 0.6 is 0 Å². The van der Waals surface area contributed by atoms with Crippen molar-refractivity contribution in [2.75, 3.05) is 29.3 Å². The molecule has 0 fully saturated rings. The van der Waals surface area contributed by atoms with Crippen molar-refractivity contribution >= 4 is 27.3 Å². The summed E-state index contributed by atoms with van der Waals surface area (Å²) in [5.74, 6) is -0.963. The van der Waals surface area contributed by atoms with Crippen molar-refractivity contribution in [2.24, 2.45) is 0 Å². The highest BCUT2D eigenvalue weighted by Gasteiger charge is 2.17. The van der Waals surface area contributed by atoms with E-state index in [1.807, 2.05) is 25.1 Å². The van der Waals surface area contributed by atoms with E-state index in [9.17, 15) is 17.6 Å². The lowest BCUT2D eigenvalue weighted by Crippen LogP contribution is -2.35. The van der Waals surface area contributed by atoms with Crippen LogP contribution in [-0.2, 0) is 10.0 Å². The fourth-order valence-electron chi connectivity index (χ4n) is 3.23. The van der Waals surface area contributed by atoms with Gasteiger partial charge in [-0.3, -0.25) is 9.52 Å². The molecule has 0 heterocycles. The number of nitrogens with zero attached hydrogens (tertiary/aromatic N) is 1. The van der Waals surface area contributed by atoms with Gasteiger partial charge in [0.15, 0.2) is 0 Å². The summed E-state index contributed by atoms with van der Waals surface area (Å²) in [6, 6.07) is 19.2. The summed E-state index contributed by atoms with van der Waals surface area (Å²) in [6.45, 7) is 5.98. The highest BCUT2D eigenvalue weighted by Crippen LogP contribution is 2.19. The molecular formula is C24H26FN3O3S. The van der Waals surface area contributed by atoms with Gasteiger partial charge in [-0.2, -0.15) is 0 Å². The third-order valence-electron chi connectivity index (χ3n) is 4.96. The summed E-state index contributed by atoms with van der Waals surface area (Å²) in [5.41, 5.74) is 2.47. The van der Waals surface area contributed by atoms with Crippen LogP contribution in [0, 0.1) is 12.7 Å². The molecule has 6 nitrogen and oxygen atoms in total. The van der Waals surface area contributed by atoms with Crippen LogP contribution in [0.15, 0.2) is 77.7 Å². The van der Waals surface area contributed by atoms with Crippen LogP contribution in [0.5, 0.6) is 0 Å². The van der Waals surface area contributed by atoms with Gasteiger partial charge >= 0.3 is 0 Å². The Balaban J connectivity index is 1.59. The molecule has 8 heteroatoms. The van der Waals surface area contributed by atoms with Gasteiger partial charge in [0, 0.05) is 30.9 Å². The Labute approximate surface area is 188 Å². The zero-order valence-electron chi connectivity index (χ0n) is 18.0. The minimum Gasteiger partial charge on any atom is -0.370 e. The van der Waals surface area contributed by atoms with Crippen molar-refractivity contribution in [1.82, 2.24) is 5.32 Å². The van der Waals surface area contributed by atoms with Crippen LogP contribution < -0.4 is 14.9 Å². The third-order valence-corrected chi connectivity index (χ3v) is 6.34. The maximum atomic E-state index is 13.8. The van der Waals surface area contributed by atoms with Gasteiger partial charge in [-0.25, -0.2) is 12.8 Å². The average molecular weight is 456 g/mol. The molecule has 3 aromatic carbocycles. The normalized spacial score (nSPS) is 11.1. The number of hydrogen-bond donors (Lipinski definition) is 2. The Morgan fingerprint density at radius 3 is 2.38 bits per heavy atom. The van der Waals surface area contributed by atoms with Crippen molar-refractivity contribution in [3.63, 3.8) is 0 Å². The van der Waals surface area contributed by atoms with Crippen molar-refractivity contribution in [1.29, 1.82) is 0 Å². The van der Waals surface area contributed by atoms with Gasteiger partial charge in [-0.15, -0.1) is 0 Å². The molecule has 0 aliphatic carbocycles. The molecule has 0 unspecified atom stereocenters. The van der Waals surface area contributed by atoms with Crippen LogP contribution in [0.25, 0.3) is 0 Å². The number of nitrogens with one attached hydrogen (secondary N) is 2. The molecule has 2 N–H and O–H groups in total. The van der Waals surface area contributed by atoms with Gasteiger partial charge in [0.05, 0.1) is 10.6 Å². The number of carbonyl (C=O) groups is 1. The van der Waals surface area contributed by atoms with E-state index in [4.69, 9.17) is 0 Å². The molecule has 0 saturated carbocycles. The molecule has 0 saturated heterocycles. The lowest BCUT2D eigenvalue weighted by Gasteiger charge is -2.23. The van der Waals surface area contributed by atoms with E-state index in [-0.39, 0.29) is 16.5 Å². The van der Waals surface area contributed by atoms with Gasteiger partial charge in [0.25, 0.3) is 15.9 Å². The summed E-state index contributed by atoms with van der Waals surface area (Å²) < 4.78 is 40.9. The van der Waals surface area contributed by atoms with Gasteiger partial charge < -0.3 is 10.2 Å². The molecule has 0 aliphatic heterocycles. The lowest BCUT2D eigenvalue weighted by atomic mass is 10.2. The number of anilines is 2. The molecule has 0 atom stereocenters. The van der Waals surface area contributed by atoms with E-state index in [2.05, 4.69) is 27.9 Å². The monoisotopic (exact) mass is 455 g/mol. The van der Waals surface area contributed by atoms with Gasteiger partial charge in [0.2, 0.25) is 0 Å². The molecular weight excluding hydrogens is 429 g/mol. The lowest BCUT2D eigenvalue weighted by molar-refractivity contribution is 0.0954. The fourth-order valence-corrected chi connectivity index (χ4v) is 4.30. The first-order chi connectivity index (χ1) is 15.3. The zero-order valence-corrected chi connectivity index (χ0v) is 18.8. The number of para-hydroxylation sites is 1. The average Bonchev–Trinajstić information content (AvgIpc) is 2.78. The van der Waals surface area contributed by atoms with Crippen molar-refractivity contribution in [3.05, 3.63) is 89.7 Å². The van der Waals surface area contributed by atoms with Gasteiger partial charge in [-0.1, -0.05) is 24.3 Å². The summed E-state index contributed by atoms with van der Waals surface area (Å²) in [6.07, 6.45) is 0. The largest absolute Gasteiger partial charge is 0.370 e. The topological polar surface area (TPSA) is 78.5 Å². The Kier molecular flexibility index (Phi) is 7.48. The molecule has 32 heavy (non-hydrogen) atoms. The zero-order chi connectivity index (χ0) is 23.1. The quantitative estimate of drug-likeness (QED) is 0.507. The number of amides is 1. The Morgan fingerprint density at radius 2 is 1.72 bits per heavy atom. The molecule has 0 spiro atoms. The number of aryl methyl sites for hydroxylation is 1. The second-order valence-electron chi connectivity index (χ2n) is 7.28. The Bertz CT molecular complexity index is 1180. The smallest absolute Gasteiger partial charge is 0.261 e. The maximum Gasteiger partial charge on any atom is 0.261 e. The number of sulfonamides is 1. The third kappa shape index (κ3) is 5.85. The highest BCUT2D eigenvalue weighted by atomic mass is 32.2. The van der Waals surface area contributed by atoms with Crippen molar-refractivity contribution in [2.45, 2.75) is 18.7 Å². The van der Waals surface area contributed by atoms with Crippen molar-refractivity contribution in [3.8, 4) is 0 Å². The van der Waals surface area contributed by atoms with E-state index in [1.54, 1.807) is 0 Å². The first-order valence-electron chi connectivity index (χ1n) is 10.3. The molecule has 0 aromatic heterocycles. The number of rotatable bonds is 9. The van der Waals surface area contributed by atoms with Gasteiger partial charge in [-0.05, 0) is 67.9 Å². The summed E-state index contributed by atoms with van der Waals surface area (Å²) in [7, 11) is -3.97. The van der Waals surface area contributed by atoms with E-state index in [0.717, 1.165) is 12.2 Å². The predicted octanol–water partition coefficient (Wildman–Crippen LogP) is 4.19. The second kappa shape index (κ2) is 10.3. The predicted molar refractivity (Wildman–Crippen MR) is 125 cm³/mol. The number of halogens is 1. The molecule has 0 bridgehead atoms. The number of benzene rings is 3. The Hall–Kier alpha value is -3.39. The highest BCUT2D eigenvalue weighted by molar-refractivity contribution is 7.92. The maximum absolute atomic E-state index is 13.8. The molecule has 0 aliphatic rings. The van der Waals surface area contributed by atoms with Crippen LogP contribution in [0.1, 0.15) is 22.8 Å². The van der Waals surface area contributed by atoms with Gasteiger partial charge in [0.1, 0.15) is 5.82 Å². The summed E-state index contributed by atoms with van der Waals surface area (Å²) in [4.78, 5) is 14.6. The first-order valence-corrected chi connectivity index (χ1v) is 11.8. The number of likely N-dealkylation sites (N-methyl/N-ethyl adjacent to an activating group) is 1. The Morgan fingerprint density at radius 1 is 1.00 bits per heavy atom. The molecule has 0 radical (unpaired) electrons. The van der Waals surface area contributed by atoms with Crippen LogP contribution in [0.2, 0.25) is 0 Å². The molecule has 3 rings (SSSR count). The fraction of sp³-hybridized carbons (Fsp3) is 0.208. The first kappa shape index (κ1) is 23.3. The van der Waals surface area contributed by atoms with E-state index < -0.39 is 15.8 Å². The number of carbonyl (C=O) groups excluding carboxylic acids is 1. The second-order valence-corrected chi connectivity index (χ2v) is 8.97. The van der Waals surface area contributed by atoms with E-state index in [0.29, 0.717) is 18.7 Å². The van der Waals surface area contributed by atoms with E-state index in [1.165, 1.54) is 54.1 Å². The van der Waals surface area contributed by atoms with Crippen LogP contribution in [0.3, 0.4) is 0 Å². The van der Waals surface area contributed by atoms with E-state index >= 15 is 0 Å². The van der Waals surface area contributed by atoms with Crippen LogP contribution in [0.4, 0.5) is 15.8 Å².